The first-order valence-electron chi connectivity index (χ1n) is 6.36. The van der Waals surface area contributed by atoms with E-state index >= 15 is 0 Å². The summed E-state index contributed by atoms with van der Waals surface area (Å²) in [7, 11) is 0. The Bertz CT molecular complexity index is 174. The SMILES string of the molecule is OCCN(CC1CCCO1)C1CCCC1. The van der Waals surface area contributed by atoms with Crippen molar-refractivity contribution in [1.29, 1.82) is 0 Å². The van der Waals surface area contributed by atoms with Gasteiger partial charge in [0.05, 0.1) is 12.7 Å². The average molecular weight is 213 g/mol. The van der Waals surface area contributed by atoms with Crippen LogP contribution in [0.15, 0.2) is 0 Å². The molecule has 0 aromatic rings. The quantitative estimate of drug-likeness (QED) is 0.749. The van der Waals surface area contributed by atoms with E-state index in [1.54, 1.807) is 0 Å². The van der Waals surface area contributed by atoms with Crippen LogP contribution in [0.1, 0.15) is 38.5 Å². The van der Waals surface area contributed by atoms with Gasteiger partial charge >= 0.3 is 0 Å². The van der Waals surface area contributed by atoms with Gasteiger partial charge in [-0.3, -0.25) is 4.90 Å². The maximum atomic E-state index is 9.09. The van der Waals surface area contributed by atoms with Gasteiger partial charge < -0.3 is 9.84 Å². The zero-order chi connectivity index (χ0) is 10.5. The second kappa shape index (κ2) is 5.83. The molecular formula is C12H23NO2. The molecule has 2 rings (SSSR count). The van der Waals surface area contributed by atoms with E-state index in [0.717, 1.165) is 19.7 Å². The van der Waals surface area contributed by atoms with E-state index in [0.29, 0.717) is 12.1 Å². The summed E-state index contributed by atoms with van der Waals surface area (Å²) >= 11 is 0. The summed E-state index contributed by atoms with van der Waals surface area (Å²) in [6, 6.07) is 0.710. The molecule has 2 aliphatic rings. The van der Waals surface area contributed by atoms with Crippen molar-refractivity contribution in [2.75, 3.05) is 26.3 Å². The fourth-order valence-corrected chi connectivity index (χ4v) is 2.87. The van der Waals surface area contributed by atoms with Gasteiger partial charge in [0.15, 0.2) is 0 Å². The molecule has 0 aromatic carbocycles. The van der Waals surface area contributed by atoms with Gasteiger partial charge in [-0.05, 0) is 25.7 Å². The van der Waals surface area contributed by atoms with Crippen molar-refractivity contribution >= 4 is 0 Å². The lowest BCUT2D eigenvalue weighted by atomic mass is 10.1. The highest BCUT2D eigenvalue weighted by Crippen LogP contribution is 2.24. The van der Waals surface area contributed by atoms with Gasteiger partial charge in [-0.25, -0.2) is 0 Å². The Morgan fingerprint density at radius 3 is 2.53 bits per heavy atom. The van der Waals surface area contributed by atoms with E-state index in [1.807, 2.05) is 0 Å². The summed E-state index contributed by atoms with van der Waals surface area (Å²) in [5.41, 5.74) is 0. The molecule has 1 unspecified atom stereocenters. The average Bonchev–Trinajstić information content (AvgIpc) is 2.89. The third kappa shape index (κ3) is 3.16. The Morgan fingerprint density at radius 1 is 1.13 bits per heavy atom. The first kappa shape index (κ1) is 11.4. The van der Waals surface area contributed by atoms with Crippen molar-refractivity contribution in [2.45, 2.75) is 50.7 Å². The number of nitrogens with zero attached hydrogens (tertiary/aromatic N) is 1. The number of aliphatic hydroxyl groups is 1. The van der Waals surface area contributed by atoms with Crippen molar-refractivity contribution in [1.82, 2.24) is 4.90 Å². The minimum atomic E-state index is 0.281. The van der Waals surface area contributed by atoms with Crippen LogP contribution < -0.4 is 0 Å². The van der Waals surface area contributed by atoms with E-state index in [4.69, 9.17) is 9.84 Å². The number of hydrogen-bond acceptors (Lipinski definition) is 3. The molecule has 0 amide bonds. The molecule has 1 heterocycles. The Kier molecular flexibility index (Phi) is 4.42. The lowest BCUT2D eigenvalue weighted by Gasteiger charge is -2.30. The summed E-state index contributed by atoms with van der Waals surface area (Å²) in [6.07, 6.45) is 8.18. The van der Waals surface area contributed by atoms with E-state index in [9.17, 15) is 0 Å². The van der Waals surface area contributed by atoms with E-state index in [1.165, 1.54) is 38.5 Å². The zero-order valence-electron chi connectivity index (χ0n) is 9.53. The van der Waals surface area contributed by atoms with E-state index in [-0.39, 0.29) is 6.61 Å². The van der Waals surface area contributed by atoms with E-state index in [2.05, 4.69) is 4.90 Å². The van der Waals surface area contributed by atoms with Crippen molar-refractivity contribution in [3.05, 3.63) is 0 Å². The molecule has 1 N–H and O–H groups in total. The zero-order valence-corrected chi connectivity index (χ0v) is 9.53. The van der Waals surface area contributed by atoms with Crippen LogP contribution in [-0.2, 0) is 4.74 Å². The summed E-state index contributed by atoms with van der Waals surface area (Å²) in [6.45, 7) is 3.07. The Balaban J connectivity index is 1.81. The highest BCUT2D eigenvalue weighted by molar-refractivity contribution is 4.80. The number of ether oxygens (including phenoxy) is 1. The van der Waals surface area contributed by atoms with Crippen LogP contribution in [0.5, 0.6) is 0 Å². The summed E-state index contributed by atoms with van der Waals surface area (Å²) < 4.78 is 5.67. The molecular weight excluding hydrogens is 190 g/mol. The lowest BCUT2D eigenvalue weighted by Crippen LogP contribution is -2.40. The molecule has 0 spiro atoms. The van der Waals surface area contributed by atoms with Crippen molar-refractivity contribution < 1.29 is 9.84 Å². The molecule has 1 aliphatic carbocycles. The highest BCUT2D eigenvalue weighted by atomic mass is 16.5. The summed E-state index contributed by atoms with van der Waals surface area (Å²) in [4.78, 5) is 2.45. The van der Waals surface area contributed by atoms with Gasteiger partial charge in [0.25, 0.3) is 0 Å². The maximum absolute atomic E-state index is 9.09. The fraction of sp³-hybridized carbons (Fsp3) is 1.00. The molecule has 3 nitrogen and oxygen atoms in total. The van der Waals surface area contributed by atoms with Crippen LogP contribution in [0, 0.1) is 0 Å². The molecule has 0 aromatic heterocycles. The molecule has 0 radical (unpaired) electrons. The second-order valence-corrected chi connectivity index (χ2v) is 4.79. The first-order valence-corrected chi connectivity index (χ1v) is 6.36. The topological polar surface area (TPSA) is 32.7 Å². The molecule has 2 fully saturated rings. The molecule has 15 heavy (non-hydrogen) atoms. The van der Waals surface area contributed by atoms with Crippen LogP contribution in [0.25, 0.3) is 0 Å². The summed E-state index contributed by atoms with van der Waals surface area (Å²) in [5, 5.41) is 9.09. The third-order valence-corrected chi connectivity index (χ3v) is 3.69. The molecule has 88 valence electrons. The van der Waals surface area contributed by atoms with Gasteiger partial charge in [0.2, 0.25) is 0 Å². The van der Waals surface area contributed by atoms with Gasteiger partial charge in [-0.2, -0.15) is 0 Å². The molecule has 3 heteroatoms. The second-order valence-electron chi connectivity index (χ2n) is 4.79. The monoisotopic (exact) mass is 213 g/mol. The van der Waals surface area contributed by atoms with Crippen LogP contribution >= 0.6 is 0 Å². The van der Waals surface area contributed by atoms with Crippen LogP contribution in [0.2, 0.25) is 0 Å². The van der Waals surface area contributed by atoms with Crippen molar-refractivity contribution in [3.63, 3.8) is 0 Å². The smallest absolute Gasteiger partial charge is 0.0702 e. The van der Waals surface area contributed by atoms with Gasteiger partial charge in [-0.1, -0.05) is 12.8 Å². The summed E-state index contributed by atoms with van der Waals surface area (Å²) in [5.74, 6) is 0. The number of hydrogen-bond donors (Lipinski definition) is 1. The standard InChI is InChI=1S/C12H23NO2/c14-8-7-13(11-4-1-2-5-11)10-12-6-3-9-15-12/h11-12,14H,1-10H2. The Morgan fingerprint density at radius 2 is 1.93 bits per heavy atom. The number of aliphatic hydroxyl groups excluding tert-OH is 1. The maximum Gasteiger partial charge on any atom is 0.0702 e. The molecule has 1 atom stereocenters. The third-order valence-electron chi connectivity index (χ3n) is 3.69. The van der Waals surface area contributed by atoms with Crippen molar-refractivity contribution in [3.8, 4) is 0 Å². The molecule has 0 bridgehead atoms. The van der Waals surface area contributed by atoms with Crippen molar-refractivity contribution in [2.24, 2.45) is 0 Å². The van der Waals surface area contributed by atoms with Crippen LogP contribution in [0.3, 0.4) is 0 Å². The number of rotatable bonds is 5. The predicted molar refractivity (Wildman–Crippen MR) is 59.9 cm³/mol. The Hall–Kier alpha value is -0.120. The predicted octanol–water partition coefficient (Wildman–Crippen LogP) is 1.40. The highest BCUT2D eigenvalue weighted by Gasteiger charge is 2.26. The van der Waals surface area contributed by atoms with Gasteiger partial charge in [-0.15, -0.1) is 0 Å². The van der Waals surface area contributed by atoms with Gasteiger partial charge in [0, 0.05) is 25.7 Å². The molecule has 1 saturated carbocycles. The van der Waals surface area contributed by atoms with E-state index < -0.39 is 0 Å². The van der Waals surface area contributed by atoms with Crippen LogP contribution in [0.4, 0.5) is 0 Å². The minimum Gasteiger partial charge on any atom is -0.395 e. The molecule has 1 aliphatic heterocycles. The minimum absolute atomic E-state index is 0.281. The first-order chi connectivity index (χ1) is 7.40. The fourth-order valence-electron chi connectivity index (χ4n) is 2.87. The van der Waals surface area contributed by atoms with Gasteiger partial charge in [0.1, 0.15) is 0 Å². The normalized spacial score (nSPS) is 28.0. The van der Waals surface area contributed by atoms with Crippen LogP contribution in [-0.4, -0.2) is 48.5 Å². The lowest BCUT2D eigenvalue weighted by molar-refractivity contribution is 0.0498. The Labute approximate surface area is 92.4 Å². The largest absolute Gasteiger partial charge is 0.395 e. The molecule has 1 saturated heterocycles.